The maximum absolute atomic E-state index is 14.4. The molecule has 0 saturated heterocycles. The van der Waals surface area contributed by atoms with E-state index in [0.29, 0.717) is 39.7 Å². The van der Waals surface area contributed by atoms with Crippen LogP contribution in [0.2, 0.25) is 5.02 Å². The van der Waals surface area contributed by atoms with Crippen molar-refractivity contribution in [2.75, 3.05) is 11.1 Å². The third-order valence-corrected chi connectivity index (χ3v) is 4.79. The normalized spacial score (nSPS) is 10.4. The van der Waals surface area contributed by atoms with Gasteiger partial charge < -0.3 is 11.1 Å². The molecule has 9 heteroatoms. The Bertz CT molecular complexity index is 1230. The molecule has 6 nitrogen and oxygen atoms in total. The maximum atomic E-state index is 14.4. The van der Waals surface area contributed by atoms with Crippen LogP contribution in [0.5, 0.6) is 0 Å². The summed E-state index contributed by atoms with van der Waals surface area (Å²) in [5.41, 5.74) is 8.92. The van der Waals surface area contributed by atoms with Gasteiger partial charge in [0.2, 0.25) is 5.95 Å². The van der Waals surface area contributed by atoms with Crippen LogP contribution >= 0.6 is 11.6 Å². The number of nitrogens with two attached hydrogens (primary N) is 1. The van der Waals surface area contributed by atoms with E-state index in [9.17, 15) is 8.78 Å². The average molecular weight is 457 g/mol. The van der Waals surface area contributed by atoms with E-state index >= 15 is 0 Å². The van der Waals surface area contributed by atoms with Crippen molar-refractivity contribution < 1.29 is 8.78 Å². The Labute approximate surface area is 190 Å². The summed E-state index contributed by atoms with van der Waals surface area (Å²) in [6, 6.07) is 8.77. The minimum atomic E-state index is -0.562. The van der Waals surface area contributed by atoms with Crippen LogP contribution < -0.4 is 11.1 Å². The number of benzene rings is 2. The summed E-state index contributed by atoms with van der Waals surface area (Å²) < 4.78 is 30.0. The van der Waals surface area contributed by atoms with Crippen molar-refractivity contribution in [3.8, 4) is 11.1 Å². The van der Waals surface area contributed by atoms with Gasteiger partial charge in [-0.15, -0.1) is 0 Å². The SMILES string of the molecule is CC.Cn1cc(Nc2ncc(-c3ccc(Cl)c(F)c3)c(Cc3cc(N)ccc3F)n2)cn1. The first-order valence-electron chi connectivity index (χ1n) is 10.00. The summed E-state index contributed by atoms with van der Waals surface area (Å²) in [7, 11) is 1.79. The highest BCUT2D eigenvalue weighted by Crippen LogP contribution is 2.29. The van der Waals surface area contributed by atoms with Crippen LogP contribution in [0.15, 0.2) is 55.0 Å². The number of hydrogen-bond donors (Lipinski definition) is 2. The lowest BCUT2D eigenvalue weighted by Crippen LogP contribution is -2.04. The summed E-state index contributed by atoms with van der Waals surface area (Å²) in [6.07, 6.45) is 5.10. The van der Waals surface area contributed by atoms with Crippen LogP contribution in [0.3, 0.4) is 0 Å². The molecule has 0 spiro atoms. The number of anilines is 3. The molecule has 2 aromatic carbocycles. The standard InChI is InChI=1S/C21H17ClF2N6.C2H6/c1-30-11-15(9-27-30)28-21-26-10-16(12-2-4-17(22)19(24)7-12)20(29-21)8-13-6-14(25)3-5-18(13)23;1-2/h2-7,9-11H,8,25H2,1H3,(H,26,28,29);1-2H3. The Morgan fingerprint density at radius 2 is 1.84 bits per heavy atom. The fraction of sp³-hybridized carbons (Fsp3) is 0.174. The lowest BCUT2D eigenvalue weighted by Gasteiger charge is -2.12. The lowest BCUT2D eigenvalue weighted by atomic mass is 10.00. The Hall–Kier alpha value is -3.52. The van der Waals surface area contributed by atoms with E-state index in [-0.39, 0.29) is 11.4 Å². The number of nitrogens with zero attached hydrogens (tertiary/aromatic N) is 4. The second-order valence-corrected chi connectivity index (χ2v) is 7.15. The third kappa shape index (κ3) is 5.39. The zero-order valence-corrected chi connectivity index (χ0v) is 18.7. The van der Waals surface area contributed by atoms with Gasteiger partial charge in [0.15, 0.2) is 0 Å². The Morgan fingerprint density at radius 1 is 1.06 bits per heavy atom. The molecule has 32 heavy (non-hydrogen) atoms. The molecule has 0 unspecified atom stereocenters. The molecule has 4 aromatic rings. The molecule has 0 atom stereocenters. The van der Waals surface area contributed by atoms with Gasteiger partial charge in [0, 0.05) is 37.1 Å². The van der Waals surface area contributed by atoms with Crippen LogP contribution in [0.25, 0.3) is 11.1 Å². The number of rotatable bonds is 5. The molecular formula is C23H23ClF2N6. The summed E-state index contributed by atoms with van der Waals surface area (Å²) in [5, 5.41) is 7.16. The first-order chi connectivity index (χ1) is 15.4. The maximum Gasteiger partial charge on any atom is 0.227 e. The first-order valence-corrected chi connectivity index (χ1v) is 10.4. The molecule has 4 rings (SSSR count). The van der Waals surface area contributed by atoms with Gasteiger partial charge in [-0.05, 0) is 41.5 Å². The fourth-order valence-electron chi connectivity index (χ4n) is 3.04. The summed E-state index contributed by atoms with van der Waals surface area (Å²) in [4.78, 5) is 8.87. The minimum Gasteiger partial charge on any atom is -0.399 e. The van der Waals surface area contributed by atoms with Gasteiger partial charge in [0.25, 0.3) is 0 Å². The summed E-state index contributed by atoms with van der Waals surface area (Å²) in [5.74, 6) is -0.661. The molecule has 0 amide bonds. The van der Waals surface area contributed by atoms with Gasteiger partial charge >= 0.3 is 0 Å². The van der Waals surface area contributed by atoms with Crippen molar-refractivity contribution in [2.24, 2.45) is 7.05 Å². The number of nitrogen functional groups attached to an aromatic ring is 1. The second kappa shape index (κ2) is 10.2. The third-order valence-electron chi connectivity index (χ3n) is 4.49. The minimum absolute atomic E-state index is 0.0120. The van der Waals surface area contributed by atoms with Gasteiger partial charge in [-0.25, -0.2) is 18.7 Å². The van der Waals surface area contributed by atoms with Crippen molar-refractivity contribution in [3.63, 3.8) is 0 Å². The highest BCUT2D eigenvalue weighted by atomic mass is 35.5. The predicted octanol–water partition coefficient (Wildman–Crippen LogP) is 5.75. The Morgan fingerprint density at radius 3 is 2.53 bits per heavy atom. The van der Waals surface area contributed by atoms with E-state index in [0.717, 1.165) is 0 Å². The largest absolute Gasteiger partial charge is 0.399 e. The average Bonchev–Trinajstić information content (AvgIpc) is 3.19. The molecule has 0 bridgehead atoms. The highest BCUT2D eigenvalue weighted by molar-refractivity contribution is 6.30. The highest BCUT2D eigenvalue weighted by Gasteiger charge is 2.15. The topological polar surface area (TPSA) is 81.7 Å². The summed E-state index contributed by atoms with van der Waals surface area (Å²) in [6.45, 7) is 4.00. The van der Waals surface area contributed by atoms with Gasteiger partial charge in [0.05, 0.1) is 22.6 Å². The van der Waals surface area contributed by atoms with E-state index < -0.39 is 11.6 Å². The first kappa shape index (κ1) is 23.1. The number of nitrogens with one attached hydrogen (secondary N) is 1. The van der Waals surface area contributed by atoms with Crippen molar-refractivity contribution in [3.05, 3.63) is 82.9 Å². The Kier molecular flexibility index (Phi) is 7.37. The zero-order chi connectivity index (χ0) is 23.3. The second-order valence-electron chi connectivity index (χ2n) is 6.74. The van der Waals surface area contributed by atoms with Gasteiger partial charge in [-0.1, -0.05) is 31.5 Å². The number of aryl methyl sites for hydroxylation is 1. The van der Waals surface area contributed by atoms with Crippen LogP contribution in [0, 0.1) is 11.6 Å². The van der Waals surface area contributed by atoms with Crippen molar-refractivity contribution >= 4 is 28.9 Å². The molecule has 2 heterocycles. The molecule has 3 N–H and O–H groups in total. The van der Waals surface area contributed by atoms with Crippen LogP contribution in [-0.2, 0) is 13.5 Å². The van der Waals surface area contributed by atoms with Gasteiger partial charge in [-0.2, -0.15) is 5.10 Å². The molecule has 2 aromatic heterocycles. The van der Waals surface area contributed by atoms with Crippen molar-refractivity contribution in [2.45, 2.75) is 20.3 Å². The van der Waals surface area contributed by atoms with E-state index in [1.54, 1.807) is 42.5 Å². The summed E-state index contributed by atoms with van der Waals surface area (Å²) >= 11 is 5.81. The van der Waals surface area contributed by atoms with Crippen LogP contribution in [0.1, 0.15) is 25.1 Å². The molecule has 166 valence electrons. The molecule has 0 fully saturated rings. The van der Waals surface area contributed by atoms with E-state index in [1.165, 1.54) is 24.3 Å². The molecule has 0 aliphatic carbocycles. The molecule has 0 aliphatic rings. The number of hydrogen-bond acceptors (Lipinski definition) is 5. The molecular weight excluding hydrogens is 434 g/mol. The van der Waals surface area contributed by atoms with Crippen molar-refractivity contribution in [1.29, 1.82) is 0 Å². The quantitative estimate of drug-likeness (QED) is 0.373. The zero-order valence-electron chi connectivity index (χ0n) is 17.9. The number of halogens is 3. The van der Waals surface area contributed by atoms with E-state index in [1.807, 2.05) is 13.8 Å². The molecule has 0 saturated carbocycles. The van der Waals surface area contributed by atoms with E-state index in [4.69, 9.17) is 17.3 Å². The van der Waals surface area contributed by atoms with Crippen LogP contribution in [0.4, 0.5) is 26.1 Å². The lowest BCUT2D eigenvalue weighted by molar-refractivity contribution is 0.613. The monoisotopic (exact) mass is 456 g/mol. The molecule has 0 aliphatic heterocycles. The van der Waals surface area contributed by atoms with E-state index in [2.05, 4.69) is 20.4 Å². The fourth-order valence-corrected chi connectivity index (χ4v) is 3.16. The predicted molar refractivity (Wildman–Crippen MR) is 124 cm³/mol. The Balaban J connectivity index is 0.00000141. The van der Waals surface area contributed by atoms with Crippen molar-refractivity contribution in [1.82, 2.24) is 19.7 Å². The smallest absolute Gasteiger partial charge is 0.227 e. The van der Waals surface area contributed by atoms with Crippen LogP contribution in [-0.4, -0.2) is 19.7 Å². The number of aromatic nitrogens is 4. The van der Waals surface area contributed by atoms with Gasteiger partial charge in [-0.3, -0.25) is 4.68 Å². The molecule has 0 radical (unpaired) electrons. The van der Waals surface area contributed by atoms with Gasteiger partial charge in [0.1, 0.15) is 11.6 Å².